The van der Waals surface area contributed by atoms with Crippen LogP contribution in [0.15, 0.2) is 15.8 Å². The predicted molar refractivity (Wildman–Crippen MR) is 87.8 cm³/mol. The van der Waals surface area contributed by atoms with E-state index in [1.807, 2.05) is 0 Å². The number of H-pyrrole nitrogens is 2. The molecule has 3 N–H and O–H groups in total. The van der Waals surface area contributed by atoms with Gasteiger partial charge in [-0.3, -0.25) is 19.4 Å². The van der Waals surface area contributed by atoms with Crippen molar-refractivity contribution in [3.05, 3.63) is 32.6 Å². The monoisotopic (exact) mass is 350 g/mol. The largest absolute Gasteiger partial charge is 0.368 e. The Morgan fingerprint density at radius 2 is 2.00 bits per heavy atom. The van der Waals surface area contributed by atoms with Crippen molar-refractivity contribution < 1.29 is 14.3 Å². The van der Waals surface area contributed by atoms with E-state index in [2.05, 4.69) is 15.3 Å². The highest BCUT2D eigenvalue weighted by Gasteiger charge is 2.32. The maximum Gasteiger partial charge on any atom is 0.325 e. The molecular formula is C16H22N4O5. The van der Waals surface area contributed by atoms with Crippen molar-refractivity contribution in [2.45, 2.75) is 38.3 Å². The molecule has 1 aromatic rings. The molecule has 0 spiro atoms. The van der Waals surface area contributed by atoms with Crippen LogP contribution in [0.2, 0.25) is 0 Å². The van der Waals surface area contributed by atoms with Gasteiger partial charge in [0.15, 0.2) is 0 Å². The zero-order valence-electron chi connectivity index (χ0n) is 13.9. The van der Waals surface area contributed by atoms with Gasteiger partial charge in [-0.2, -0.15) is 0 Å². The number of nitrogens with zero attached hydrogens (tertiary/aromatic N) is 1. The van der Waals surface area contributed by atoms with Crippen LogP contribution in [0.4, 0.5) is 0 Å². The maximum atomic E-state index is 12.3. The minimum absolute atomic E-state index is 0.0242. The highest BCUT2D eigenvalue weighted by Crippen LogP contribution is 2.21. The summed E-state index contributed by atoms with van der Waals surface area (Å²) >= 11 is 0. The van der Waals surface area contributed by atoms with E-state index in [1.165, 1.54) is 6.20 Å². The van der Waals surface area contributed by atoms with E-state index < -0.39 is 11.2 Å². The summed E-state index contributed by atoms with van der Waals surface area (Å²) in [5.41, 5.74) is -0.802. The van der Waals surface area contributed by atoms with Crippen molar-refractivity contribution in [3.8, 4) is 0 Å². The normalized spacial score (nSPS) is 21.3. The van der Waals surface area contributed by atoms with Gasteiger partial charge < -0.3 is 19.9 Å². The second kappa shape index (κ2) is 7.64. The van der Waals surface area contributed by atoms with E-state index in [0.717, 1.165) is 12.8 Å². The molecule has 3 rings (SSSR count). The number of hydrogen-bond acceptors (Lipinski definition) is 5. The zero-order valence-corrected chi connectivity index (χ0v) is 13.9. The van der Waals surface area contributed by atoms with E-state index >= 15 is 0 Å². The van der Waals surface area contributed by atoms with Crippen LogP contribution in [-0.2, 0) is 20.9 Å². The van der Waals surface area contributed by atoms with Crippen LogP contribution in [0.5, 0.6) is 0 Å². The van der Waals surface area contributed by atoms with Gasteiger partial charge >= 0.3 is 5.69 Å². The molecule has 2 amide bonds. The zero-order chi connectivity index (χ0) is 17.8. The fourth-order valence-electron chi connectivity index (χ4n) is 3.23. The topological polar surface area (TPSA) is 124 Å². The summed E-state index contributed by atoms with van der Waals surface area (Å²) in [5, 5.41) is 2.72. The van der Waals surface area contributed by atoms with E-state index in [-0.39, 0.29) is 30.4 Å². The lowest BCUT2D eigenvalue weighted by Crippen LogP contribution is -2.46. The van der Waals surface area contributed by atoms with Gasteiger partial charge in [-0.1, -0.05) is 0 Å². The van der Waals surface area contributed by atoms with Gasteiger partial charge in [0, 0.05) is 38.4 Å². The fourth-order valence-corrected chi connectivity index (χ4v) is 3.23. The quantitative estimate of drug-likeness (QED) is 0.649. The Bertz CT molecular complexity index is 741. The van der Waals surface area contributed by atoms with Crippen molar-refractivity contribution in [3.63, 3.8) is 0 Å². The third-order valence-electron chi connectivity index (χ3n) is 4.73. The van der Waals surface area contributed by atoms with E-state index in [0.29, 0.717) is 38.1 Å². The van der Waals surface area contributed by atoms with E-state index in [4.69, 9.17) is 4.74 Å². The summed E-state index contributed by atoms with van der Waals surface area (Å²) in [6, 6.07) is 0. The van der Waals surface area contributed by atoms with Crippen molar-refractivity contribution >= 4 is 11.8 Å². The molecule has 9 heteroatoms. The first-order valence-corrected chi connectivity index (χ1v) is 8.53. The SMILES string of the molecule is O=C(NCc1c[nH]c(=O)[nH]c1=O)C1CCN(C(=O)[C@H]2CCCO2)CC1. The van der Waals surface area contributed by atoms with Gasteiger partial charge in [0.1, 0.15) is 6.10 Å². The average molecular weight is 350 g/mol. The van der Waals surface area contributed by atoms with Gasteiger partial charge in [0.05, 0.1) is 5.56 Å². The molecule has 2 saturated heterocycles. The molecule has 3 heterocycles. The Hall–Kier alpha value is -2.42. The second-order valence-corrected chi connectivity index (χ2v) is 6.42. The van der Waals surface area contributed by atoms with Gasteiger partial charge in [-0.25, -0.2) is 4.79 Å². The lowest BCUT2D eigenvalue weighted by molar-refractivity contribution is -0.143. The highest BCUT2D eigenvalue weighted by atomic mass is 16.5. The van der Waals surface area contributed by atoms with Crippen molar-refractivity contribution in [2.75, 3.05) is 19.7 Å². The number of hydrogen-bond donors (Lipinski definition) is 3. The molecule has 0 radical (unpaired) electrons. The van der Waals surface area contributed by atoms with Crippen LogP contribution < -0.4 is 16.6 Å². The smallest absolute Gasteiger partial charge is 0.325 e. The Morgan fingerprint density at radius 1 is 1.24 bits per heavy atom. The molecule has 1 atom stereocenters. The molecule has 2 aliphatic rings. The number of carbonyl (C=O) groups excluding carboxylic acids is 2. The second-order valence-electron chi connectivity index (χ2n) is 6.42. The van der Waals surface area contributed by atoms with Crippen LogP contribution in [0.1, 0.15) is 31.2 Å². The molecule has 25 heavy (non-hydrogen) atoms. The van der Waals surface area contributed by atoms with Crippen molar-refractivity contribution in [1.82, 2.24) is 20.2 Å². The number of likely N-dealkylation sites (tertiary alicyclic amines) is 1. The van der Waals surface area contributed by atoms with Gasteiger partial charge in [0.25, 0.3) is 11.5 Å². The number of nitrogens with one attached hydrogen (secondary N) is 3. The predicted octanol–water partition coefficient (Wildman–Crippen LogP) is -0.903. The van der Waals surface area contributed by atoms with Crippen molar-refractivity contribution in [2.24, 2.45) is 5.92 Å². The summed E-state index contributed by atoms with van der Waals surface area (Å²) < 4.78 is 5.42. The molecule has 0 aromatic carbocycles. The first-order chi connectivity index (χ1) is 12.0. The minimum Gasteiger partial charge on any atom is -0.368 e. The van der Waals surface area contributed by atoms with Crippen molar-refractivity contribution in [1.29, 1.82) is 0 Å². The summed E-state index contributed by atoms with van der Waals surface area (Å²) in [6.07, 6.45) is 3.84. The molecular weight excluding hydrogens is 328 g/mol. The summed E-state index contributed by atoms with van der Waals surface area (Å²) in [7, 11) is 0. The van der Waals surface area contributed by atoms with Gasteiger partial charge in [-0.05, 0) is 25.7 Å². The minimum atomic E-state index is -0.580. The van der Waals surface area contributed by atoms with Gasteiger partial charge in [0.2, 0.25) is 5.91 Å². The first kappa shape index (κ1) is 17.4. The molecule has 0 aliphatic carbocycles. The number of aromatic amines is 2. The average Bonchev–Trinajstić information content (AvgIpc) is 3.15. The third-order valence-corrected chi connectivity index (χ3v) is 4.73. The Balaban J connectivity index is 1.47. The third kappa shape index (κ3) is 4.16. The first-order valence-electron chi connectivity index (χ1n) is 8.53. The van der Waals surface area contributed by atoms with Crippen LogP contribution >= 0.6 is 0 Å². The molecule has 0 unspecified atom stereocenters. The lowest BCUT2D eigenvalue weighted by atomic mass is 9.95. The van der Waals surface area contributed by atoms with Gasteiger partial charge in [-0.15, -0.1) is 0 Å². The molecule has 136 valence electrons. The number of ether oxygens (including phenoxy) is 1. The summed E-state index contributed by atoms with van der Waals surface area (Å²) in [6.45, 7) is 1.77. The maximum absolute atomic E-state index is 12.3. The molecule has 2 fully saturated rings. The number of carbonyl (C=O) groups is 2. The molecule has 0 bridgehead atoms. The van der Waals surface area contributed by atoms with E-state index in [9.17, 15) is 19.2 Å². The van der Waals surface area contributed by atoms with Crippen LogP contribution in [0.25, 0.3) is 0 Å². The lowest BCUT2D eigenvalue weighted by Gasteiger charge is -2.32. The Labute approximate surface area is 143 Å². The number of aromatic nitrogens is 2. The Morgan fingerprint density at radius 3 is 2.64 bits per heavy atom. The summed E-state index contributed by atoms with van der Waals surface area (Å²) in [5.74, 6) is -0.304. The van der Waals surface area contributed by atoms with E-state index in [1.54, 1.807) is 4.90 Å². The summed E-state index contributed by atoms with van der Waals surface area (Å²) in [4.78, 5) is 53.4. The number of amides is 2. The molecule has 0 saturated carbocycles. The molecule has 1 aromatic heterocycles. The Kier molecular flexibility index (Phi) is 5.32. The molecule has 9 nitrogen and oxygen atoms in total. The fraction of sp³-hybridized carbons (Fsp3) is 0.625. The number of rotatable bonds is 4. The standard InChI is InChI=1S/C16H22N4O5/c21-13(17-8-11-9-18-16(24)19-14(11)22)10-3-5-20(6-4-10)15(23)12-2-1-7-25-12/h9-10,12H,1-8H2,(H,17,21)(H2,18,19,22,24)/t12-/m1/s1. The van der Waals surface area contributed by atoms with Crippen LogP contribution in [0.3, 0.4) is 0 Å². The number of piperidine rings is 1. The highest BCUT2D eigenvalue weighted by molar-refractivity contribution is 5.82. The molecule has 2 aliphatic heterocycles. The van der Waals surface area contributed by atoms with Crippen LogP contribution in [-0.4, -0.2) is 52.5 Å². The van der Waals surface area contributed by atoms with Crippen LogP contribution in [0, 0.1) is 5.92 Å².